The number of urea groups is 1. The number of carbonyl (C=O) groups is 3. The average Bonchev–Trinajstić information content (AvgIpc) is 2.53. The molecule has 0 aromatic heterocycles. The molecular weight excluding hydrogens is 281 g/mol. The first-order valence-corrected chi connectivity index (χ1v) is 5.67. The minimum Gasteiger partial charge on any atom is -0.463 e. The number of nitrogens with zero attached hydrogens (tertiary/aromatic N) is 1. The monoisotopic (exact) mass is 294 g/mol. The van der Waals surface area contributed by atoms with Crippen LogP contribution in [0.5, 0.6) is 0 Å². The summed E-state index contributed by atoms with van der Waals surface area (Å²) in [6, 6.07) is -1.16. The second kappa shape index (κ2) is 5.51. The highest BCUT2D eigenvalue weighted by atomic mass is 19.4. The molecule has 6 nitrogen and oxygen atoms in total. The predicted molar refractivity (Wildman–Crippen MR) is 60.5 cm³/mol. The molecule has 1 aliphatic rings. The molecule has 1 aliphatic heterocycles. The van der Waals surface area contributed by atoms with Gasteiger partial charge in [-0.05, 0) is 13.8 Å². The molecule has 112 valence electrons. The Hall–Kier alpha value is -2.06. The molecule has 0 bridgehead atoms. The van der Waals surface area contributed by atoms with Crippen LogP contribution in [0.2, 0.25) is 0 Å². The number of amides is 3. The third-order valence-corrected chi connectivity index (χ3v) is 2.67. The highest BCUT2D eigenvalue weighted by molar-refractivity contribution is 6.07. The fourth-order valence-electron chi connectivity index (χ4n) is 1.50. The van der Waals surface area contributed by atoms with Gasteiger partial charge in [-0.1, -0.05) is 6.08 Å². The fraction of sp³-hybridized carbons (Fsp3) is 0.545. The average molecular weight is 294 g/mol. The molecule has 1 unspecified atom stereocenters. The van der Waals surface area contributed by atoms with Gasteiger partial charge in [0.15, 0.2) is 0 Å². The van der Waals surface area contributed by atoms with Crippen LogP contribution in [0, 0.1) is 0 Å². The van der Waals surface area contributed by atoms with E-state index in [2.05, 4.69) is 4.74 Å². The van der Waals surface area contributed by atoms with E-state index in [4.69, 9.17) is 0 Å². The number of imide groups is 1. The Balaban J connectivity index is 2.77. The Bertz CT molecular complexity index is 461. The molecule has 9 heteroatoms. The van der Waals surface area contributed by atoms with E-state index in [-0.39, 0.29) is 6.61 Å². The van der Waals surface area contributed by atoms with Gasteiger partial charge in [-0.2, -0.15) is 13.2 Å². The highest BCUT2D eigenvalue weighted by Gasteiger charge is 2.64. The Morgan fingerprint density at radius 3 is 2.50 bits per heavy atom. The molecule has 0 aromatic carbocycles. The van der Waals surface area contributed by atoms with Crippen LogP contribution in [0.15, 0.2) is 12.2 Å². The standard InChI is InChI=1S/C11H13F3N2O4/c1-3-20-7(17)5-4-6-16-8(18)10(2,11(12,13)14)15-9(16)19/h4-5H,3,6H2,1-2H3,(H,15,19)/b5-4+. The van der Waals surface area contributed by atoms with E-state index >= 15 is 0 Å². The first-order valence-electron chi connectivity index (χ1n) is 5.67. The van der Waals surface area contributed by atoms with Crippen LogP contribution >= 0.6 is 0 Å². The minimum atomic E-state index is -4.90. The molecule has 1 saturated heterocycles. The molecule has 1 rings (SSSR count). The number of hydrogen-bond acceptors (Lipinski definition) is 4. The Morgan fingerprint density at radius 2 is 2.05 bits per heavy atom. The summed E-state index contributed by atoms with van der Waals surface area (Å²) in [7, 11) is 0. The third-order valence-electron chi connectivity index (χ3n) is 2.67. The van der Waals surface area contributed by atoms with Crippen molar-refractivity contribution in [3.05, 3.63) is 12.2 Å². The summed E-state index contributed by atoms with van der Waals surface area (Å²) >= 11 is 0. The molecule has 1 N–H and O–H groups in total. The normalized spacial score (nSPS) is 23.4. The molecule has 0 aliphatic carbocycles. The van der Waals surface area contributed by atoms with E-state index in [1.54, 1.807) is 12.2 Å². The quantitative estimate of drug-likeness (QED) is 0.476. The molecule has 1 heterocycles. The number of esters is 1. The summed E-state index contributed by atoms with van der Waals surface area (Å²) in [5, 5.41) is 1.60. The molecule has 20 heavy (non-hydrogen) atoms. The van der Waals surface area contributed by atoms with Crippen LogP contribution in [-0.4, -0.2) is 47.7 Å². The Kier molecular flexibility index (Phi) is 4.41. The van der Waals surface area contributed by atoms with E-state index in [9.17, 15) is 27.6 Å². The van der Waals surface area contributed by atoms with Gasteiger partial charge in [0.05, 0.1) is 6.61 Å². The first kappa shape index (κ1) is 16.0. The van der Waals surface area contributed by atoms with Crippen molar-refractivity contribution < 1.29 is 32.3 Å². The third kappa shape index (κ3) is 2.91. The Morgan fingerprint density at radius 1 is 1.45 bits per heavy atom. The largest absolute Gasteiger partial charge is 0.463 e. The molecule has 1 fully saturated rings. The van der Waals surface area contributed by atoms with Gasteiger partial charge in [-0.15, -0.1) is 0 Å². The zero-order chi connectivity index (χ0) is 15.6. The van der Waals surface area contributed by atoms with Crippen LogP contribution < -0.4 is 5.32 Å². The van der Waals surface area contributed by atoms with Crippen molar-refractivity contribution in [3.8, 4) is 0 Å². The van der Waals surface area contributed by atoms with Gasteiger partial charge in [0, 0.05) is 12.6 Å². The van der Waals surface area contributed by atoms with Crippen LogP contribution in [0.1, 0.15) is 13.8 Å². The van der Waals surface area contributed by atoms with Crippen molar-refractivity contribution in [2.45, 2.75) is 25.6 Å². The van der Waals surface area contributed by atoms with Gasteiger partial charge in [0.25, 0.3) is 5.91 Å². The lowest BCUT2D eigenvalue weighted by atomic mass is 10.0. The van der Waals surface area contributed by atoms with E-state index < -0.39 is 36.2 Å². The fourth-order valence-corrected chi connectivity index (χ4v) is 1.50. The lowest BCUT2D eigenvalue weighted by molar-refractivity contribution is -0.190. The number of ether oxygens (including phenoxy) is 1. The number of nitrogens with one attached hydrogen (secondary N) is 1. The maximum atomic E-state index is 12.7. The van der Waals surface area contributed by atoms with Crippen molar-refractivity contribution in [2.75, 3.05) is 13.2 Å². The second-order valence-electron chi connectivity index (χ2n) is 4.12. The SMILES string of the molecule is CCOC(=O)/C=C/CN1C(=O)NC(C)(C(F)(F)F)C1=O. The summed E-state index contributed by atoms with van der Waals surface area (Å²) < 4.78 is 42.8. The van der Waals surface area contributed by atoms with Crippen molar-refractivity contribution in [1.29, 1.82) is 0 Å². The number of hydrogen-bond donors (Lipinski definition) is 1. The zero-order valence-corrected chi connectivity index (χ0v) is 10.8. The van der Waals surface area contributed by atoms with Crippen molar-refractivity contribution >= 4 is 17.9 Å². The minimum absolute atomic E-state index is 0.137. The van der Waals surface area contributed by atoms with E-state index in [0.717, 1.165) is 12.2 Å². The molecular formula is C11H13F3N2O4. The van der Waals surface area contributed by atoms with Crippen LogP contribution in [0.3, 0.4) is 0 Å². The van der Waals surface area contributed by atoms with Gasteiger partial charge in [-0.3, -0.25) is 9.69 Å². The zero-order valence-electron chi connectivity index (χ0n) is 10.8. The van der Waals surface area contributed by atoms with Crippen molar-refractivity contribution in [2.24, 2.45) is 0 Å². The summed E-state index contributed by atoms with van der Waals surface area (Å²) in [6.45, 7) is 1.86. The Labute approximate surface area is 112 Å². The number of alkyl halides is 3. The van der Waals surface area contributed by atoms with Gasteiger partial charge < -0.3 is 10.1 Å². The summed E-state index contributed by atoms with van der Waals surface area (Å²) in [5.41, 5.74) is -2.94. The van der Waals surface area contributed by atoms with Gasteiger partial charge in [0.2, 0.25) is 5.54 Å². The summed E-state index contributed by atoms with van der Waals surface area (Å²) in [5.74, 6) is -2.12. The highest BCUT2D eigenvalue weighted by Crippen LogP contribution is 2.34. The lowest BCUT2D eigenvalue weighted by Gasteiger charge is -2.24. The number of carbonyl (C=O) groups excluding carboxylic acids is 3. The second-order valence-corrected chi connectivity index (χ2v) is 4.12. The van der Waals surface area contributed by atoms with E-state index in [0.29, 0.717) is 11.8 Å². The van der Waals surface area contributed by atoms with Crippen molar-refractivity contribution in [1.82, 2.24) is 10.2 Å². The van der Waals surface area contributed by atoms with Crippen LogP contribution in [-0.2, 0) is 14.3 Å². The molecule has 0 saturated carbocycles. The summed E-state index contributed by atoms with van der Waals surface area (Å²) in [6.07, 6.45) is -2.88. The topological polar surface area (TPSA) is 75.7 Å². The molecule has 3 amide bonds. The van der Waals surface area contributed by atoms with E-state index in [1.165, 1.54) is 0 Å². The lowest BCUT2D eigenvalue weighted by Crippen LogP contribution is -2.56. The van der Waals surface area contributed by atoms with Crippen LogP contribution in [0.4, 0.5) is 18.0 Å². The number of rotatable bonds is 4. The smallest absolute Gasteiger partial charge is 0.420 e. The first-order chi connectivity index (χ1) is 9.13. The van der Waals surface area contributed by atoms with Gasteiger partial charge in [-0.25, -0.2) is 9.59 Å². The molecule has 0 radical (unpaired) electrons. The summed E-state index contributed by atoms with van der Waals surface area (Å²) in [4.78, 5) is 34.4. The molecule has 1 atom stereocenters. The van der Waals surface area contributed by atoms with Crippen molar-refractivity contribution in [3.63, 3.8) is 0 Å². The van der Waals surface area contributed by atoms with Gasteiger partial charge >= 0.3 is 18.2 Å². The molecule has 0 aromatic rings. The van der Waals surface area contributed by atoms with Gasteiger partial charge in [0.1, 0.15) is 0 Å². The maximum Gasteiger partial charge on any atom is 0.420 e. The molecule has 0 spiro atoms. The van der Waals surface area contributed by atoms with E-state index in [1.807, 2.05) is 0 Å². The van der Waals surface area contributed by atoms with Crippen LogP contribution in [0.25, 0.3) is 0 Å². The predicted octanol–water partition coefficient (Wildman–Crippen LogP) is 0.978. The number of halogens is 3. The maximum absolute atomic E-state index is 12.7.